The Balaban J connectivity index is 2.48. The zero-order valence-electron chi connectivity index (χ0n) is 9.38. The lowest BCUT2D eigenvalue weighted by Gasteiger charge is -2.18. The van der Waals surface area contributed by atoms with E-state index in [9.17, 15) is 4.39 Å². The summed E-state index contributed by atoms with van der Waals surface area (Å²) >= 11 is 0. The third-order valence-electron chi connectivity index (χ3n) is 2.33. The topological polar surface area (TPSA) is 33.4 Å². The molecule has 0 aliphatic rings. The van der Waals surface area contributed by atoms with Crippen molar-refractivity contribution < 1.29 is 4.39 Å². The minimum atomic E-state index is -0.323. The van der Waals surface area contributed by atoms with Crippen molar-refractivity contribution in [2.75, 3.05) is 18.0 Å². The SMILES string of the molecule is C=CCN(CC=C)c1nnc2ccc(F)cn12. The average molecular weight is 232 g/mol. The van der Waals surface area contributed by atoms with E-state index in [-0.39, 0.29) is 5.82 Å². The molecule has 2 aromatic rings. The first-order valence-corrected chi connectivity index (χ1v) is 5.23. The van der Waals surface area contributed by atoms with Gasteiger partial charge in [0.25, 0.3) is 0 Å². The van der Waals surface area contributed by atoms with Crippen molar-refractivity contribution in [3.63, 3.8) is 0 Å². The van der Waals surface area contributed by atoms with Crippen LogP contribution in [0, 0.1) is 5.82 Å². The first-order valence-electron chi connectivity index (χ1n) is 5.23. The van der Waals surface area contributed by atoms with Crippen molar-refractivity contribution in [3.05, 3.63) is 49.5 Å². The molecule has 4 nitrogen and oxygen atoms in total. The Morgan fingerprint density at radius 3 is 2.59 bits per heavy atom. The summed E-state index contributed by atoms with van der Waals surface area (Å²) < 4.78 is 14.8. The molecule has 2 aromatic heterocycles. The Hall–Kier alpha value is -2.17. The average Bonchev–Trinajstić information content (AvgIpc) is 2.71. The van der Waals surface area contributed by atoms with Gasteiger partial charge in [-0.2, -0.15) is 0 Å². The molecule has 0 radical (unpaired) electrons. The first-order chi connectivity index (χ1) is 8.26. The van der Waals surface area contributed by atoms with E-state index < -0.39 is 0 Å². The van der Waals surface area contributed by atoms with Crippen molar-refractivity contribution in [2.45, 2.75) is 0 Å². The molecule has 0 aliphatic carbocycles. The Labute approximate surface area is 98.7 Å². The zero-order valence-corrected chi connectivity index (χ0v) is 9.38. The second-order valence-corrected chi connectivity index (χ2v) is 3.56. The molecule has 0 amide bonds. The number of hydrogen-bond donors (Lipinski definition) is 0. The normalized spacial score (nSPS) is 10.4. The fourth-order valence-corrected chi connectivity index (χ4v) is 1.62. The third-order valence-corrected chi connectivity index (χ3v) is 2.33. The molecule has 0 saturated carbocycles. The predicted octanol–water partition coefficient (Wildman–Crippen LogP) is 2.05. The number of nitrogens with zero attached hydrogens (tertiary/aromatic N) is 4. The molecule has 0 aromatic carbocycles. The minimum absolute atomic E-state index is 0.323. The Morgan fingerprint density at radius 2 is 1.94 bits per heavy atom. The van der Waals surface area contributed by atoms with E-state index in [1.165, 1.54) is 12.3 Å². The van der Waals surface area contributed by atoms with Gasteiger partial charge in [0.15, 0.2) is 5.65 Å². The predicted molar refractivity (Wildman–Crippen MR) is 65.6 cm³/mol. The smallest absolute Gasteiger partial charge is 0.232 e. The quantitative estimate of drug-likeness (QED) is 0.740. The molecule has 17 heavy (non-hydrogen) atoms. The molecule has 0 aliphatic heterocycles. The van der Waals surface area contributed by atoms with Gasteiger partial charge in [0.1, 0.15) is 5.82 Å². The van der Waals surface area contributed by atoms with Gasteiger partial charge in [-0.25, -0.2) is 4.39 Å². The monoisotopic (exact) mass is 232 g/mol. The van der Waals surface area contributed by atoms with Crippen LogP contribution in [0.2, 0.25) is 0 Å². The van der Waals surface area contributed by atoms with E-state index in [2.05, 4.69) is 23.4 Å². The van der Waals surface area contributed by atoms with Crippen LogP contribution < -0.4 is 4.90 Å². The summed E-state index contributed by atoms with van der Waals surface area (Å²) in [5.74, 6) is 0.259. The maximum atomic E-state index is 13.2. The van der Waals surface area contributed by atoms with Gasteiger partial charge < -0.3 is 4.90 Å². The van der Waals surface area contributed by atoms with Crippen LogP contribution in [-0.2, 0) is 0 Å². The molecule has 0 N–H and O–H groups in total. The molecule has 2 rings (SSSR count). The maximum absolute atomic E-state index is 13.2. The van der Waals surface area contributed by atoms with Crippen molar-refractivity contribution >= 4 is 11.6 Å². The number of pyridine rings is 1. The van der Waals surface area contributed by atoms with Crippen LogP contribution in [0.1, 0.15) is 0 Å². The fourth-order valence-electron chi connectivity index (χ4n) is 1.62. The van der Waals surface area contributed by atoms with Crippen molar-refractivity contribution in [1.29, 1.82) is 0 Å². The highest BCUT2D eigenvalue weighted by Crippen LogP contribution is 2.14. The van der Waals surface area contributed by atoms with E-state index in [0.717, 1.165) is 0 Å². The lowest BCUT2D eigenvalue weighted by Crippen LogP contribution is -2.25. The standard InChI is InChI=1S/C12H13FN4/c1-3-7-16(8-4-2)12-15-14-11-6-5-10(13)9-17(11)12/h3-6,9H,1-2,7-8H2. The van der Waals surface area contributed by atoms with E-state index in [1.54, 1.807) is 22.6 Å². The molecule has 0 bridgehead atoms. The van der Waals surface area contributed by atoms with Gasteiger partial charge in [-0.05, 0) is 12.1 Å². The Morgan fingerprint density at radius 1 is 1.24 bits per heavy atom. The van der Waals surface area contributed by atoms with Crippen LogP contribution in [0.15, 0.2) is 43.6 Å². The van der Waals surface area contributed by atoms with Crippen molar-refractivity contribution in [1.82, 2.24) is 14.6 Å². The number of anilines is 1. The van der Waals surface area contributed by atoms with Gasteiger partial charge in [-0.1, -0.05) is 12.2 Å². The summed E-state index contributed by atoms with van der Waals surface area (Å²) in [7, 11) is 0. The van der Waals surface area contributed by atoms with Crippen molar-refractivity contribution in [3.8, 4) is 0 Å². The first kappa shape index (κ1) is 11.3. The molecule has 5 heteroatoms. The number of hydrogen-bond acceptors (Lipinski definition) is 3. The summed E-state index contributed by atoms with van der Waals surface area (Å²) in [6.45, 7) is 8.57. The zero-order chi connectivity index (χ0) is 12.3. The van der Waals surface area contributed by atoms with Crippen LogP contribution in [0.3, 0.4) is 0 Å². The number of halogens is 1. The number of fused-ring (bicyclic) bond motifs is 1. The summed E-state index contributed by atoms with van der Waals surface area (Å²) in [6, 6.07) is 2.95. The maximum Gasteiger partial charge on any atom is 0.232 e. The van der Waals surface area contributed by atoms with Gasteiger partial charge in [0.05, 0.1) is 0 Å². The second-order valence-electron chi connectivity index (χ2n) is 3.56. The minimum Gasteiger partial charge on any atom is -0.333 e. The summed E-state index contributed by atoms with van der Waals surface area (Å²) in [6.07, 6.45) is 4.87. The van der Waals surface area contributed by atoms with Crippen molar-refractivity contribution in [2.24, 2.45) is 0 Å². The lowest BCUT2D eigenvalue weighted by molar-refractivity contribution is 0.618. The molecule has 0 fully saturated rings. The Bertz CT molecular complexity index is 536. The molecule has 88 valence electrons. The molecule has 0 unspecified atom stereocenters. The van der Waals surface area contributed by atoms with E-state index >= 15 is 0 Å². The summed E-state index contributed by atoms with van der Waals surface area (Å²) in [5.41, 5.74) is 0.611. The summed E-state index contributed by atoms with van der Waals surface area (Å²) in [4.78, 5) is 1.90. The second kappa shape index (κ2) is 4.78. The van der Waals surface area contributed by atoms with Crippen LogP contribution >= 0.6 is 0 Å². The van der Waals surface area contributed by atoms with Crippen LogP contribution in [0.5, 0.6) is 0 Å². The number of rotatable bonds is 5. The molecule has 0 spiro atoms. The van der Waals surface area contributed by atoms with Gasteiger partial charge in [0.2, 0.25) is 5.95 Å². The summed E-state index contributed by atoms with van der Waals surface area (Å²) in [5, 5.41) is 8.03. The molecular formula is C12H13FN4. The lowest BCUT2D eigenvalue weighted by atomic mass is 10.4. The van der Waals surface area contributed by atoms with Crippen LogP contribution in [0.25, 0.3) is 5.65 Å². The van der Waals surface area contributed by atoms with Crippen LogP contribution in [0.4, 0.5) is 10.3 Å². The van der Waals surface area contributed by atoms with E-state index in [4.69, 9.17) is 0 Å². The van der Waals surface area contributed by atoms with Gasteiger partial charge in [0, 0.05) is 19.3 Å². The third kappa shape index (κ3) is 2.18. The number of aromatic nitrogens is 3. The fraction of sp³-hybridized carbons (Fsp3) is 0.167. The molecule has 0 atom stereocenters. The Kier molecular flexibility index (Phi) is 3.18. The van der Waals surface area contributed by atoms with Gasteiger partial charge >= 0.3 is 0 Å². The highest BCUT2D eigenvalue weighted by Gasteiger charge is 2.11. The van der Waals surface area contributed by atoms with E-state index in [0.29, 0.717) is 24.7 Å². The molecular weight excluding hydrogens is 219 g/mol. The highest BCUT2D eigenvalue weighted by molar-refractivity contribution is 5.47. The van der Waals surface area contributed by atoms with Gasteiger partial charge in [-0.15, -0.1) is 23.4 Å². The molecule has 0 saturated heterocycles. The van der Waals surface area contributed by atoms with Gasteiger partial charge in [-0.3, -0.25) is 4.40 Å². The highest BCUT2D eigenvalue weighted by atomic mass is 19.1. The van der Waals surface area contributed by atoms with Crippen LogP contribution in [-0.4, -0.2) is 27.7 Å². The molecule has 2 heterocycles. The largest absolute Gasteiger partial charge is 0.333 e. The van der Waals surface area contributed by atoms with E-state index in [1.807, 2.05) is 4.90 Å².